The quantitative estimate of drug-likeness (QED) is 0.289. The van der Waals surface area contributed by atoms with Crippen molar-refractivity contribution in [2.75, 3.05) is 17.8 Å². The number of nitrogens with one attached hydrogen (secondary N) is 1. The zero-order valence-corrected chi connectivity index (χ0v) is 16.5. The van der Waals surface area contributed by atoms with Crippen molar-refractivity contribution in [1.29, 1.82) is 0 Å². The molecule has 1 aliphatic heterocycles. The van der Waals surface area contributed by atoms with Crippen LogP contribution < -0.4 is 11.2 Å². The highest BCUT2D eigenvalue weighted by Gasteiger charge is 2.44. The summed E-state index contributed by atoms with van der Waals surface area (Å²) in [6, 6.07) is 7.92. The highest BCUT2D eigenvalue weighted by molar-refractivity contribution is 5.99. The van der Waals surface area contributed by atoms with Crippen molar-refractivity contribution in [2.24, 2.45) is 5.10 Å². The van der Waals surface area contributed by atoms with E-state index in [2.05, 4.69) is 25.5 Å². The summed E-state index contributed by atoms with van der Waals surface area (Å²) in [6.45, 7) is 3.43. The van der Waals surface area contributed by atoms with Crippen LogP contribution in [0.25, 0.3) is 11.2 Å². The van der Waals surface area contributed by atoms with Gasteiger partial charge in [0.25, 0.3) is 0 Å². The number of hydrazone groups is 1. The number of nitrogen functional groups attached to an aromatic ring is 1. The van der Waals surface area contributed by atoms with Crippen LogP contribution in [-0.2, 0) is 4.74 Å². The van der Waals surface area contributed by atoms with Crippen molar-refractivity contribution in [3.05, 3.63) is 41.7 Å². The minimum atomic E-state index is -1.27. The first kappa shape index (κ1) is 20.2. The lowest BCUT2D eigenvalue weighted by molar-refractivity contribution is -0.0511. The fourth-order valence-electron chi connectivity index (χ4n) is 3.28. The van der Waals surface area contributed by atoms with Crippen LogP contribution in [-0.4, -0.2) is 65.5 Å². The van der Waals surface area contributed by atoms with Crippen LogP contribution in [0.4, 0.5) is 11.8 Å². The predicted octanol–water partition coefficient (Wildman–Crippen LogP) is 0.165. The van der Waals surface area contributed by atoms with Crippen LogP contribution in [0.15, 0.2) is 35.7 Å². The van der Waals surface area contributed by atoms with Gasteiger partial charge in [0.15, 0.2) is 17.7 Å². The van der Waals surface area contributed by atoms with Crippen molar-refractivity contribution < 1.29 is 20.1 Å². The van der Waals surface area contributed by atoms with E-state index in [9.17, 15) is 15.3 Å². The van der Waals surface area contributed by atoms with Crippen LogP contribution in [0, 0.1) is 6.92 Å². The van der Waals surface area contributed by atoms with Gasteiger partial charge in [-0.15, -0.1) is 0 Å². The van der Waals surface area contributed by atoms with E-state index < -0.39 is 31.1 Å². The molecule has 4 rings (SSSR count). The maximum atomic E-state index is 10.3. The Kier molecular flexibility index (Phi) is 5.35. The van der Waals surface area contributed by atoms with E-state index in [0.29, 0.717) is 11.2 Å². The number of aromatic nitrogens is 4. The third-order valence-electron chi connectivity index (χ3n) is 5.03. The summed E-state index contributed by atoms with van der Waals surface area (Å²) < 4.78 is 7.00. The van der Waals surface area contributed by atoms with Crippen LogP contribution in [0.1, 0.15) is 24.3 Å². The van der Waals surface area contributed by atoms with Crippen LogP contribution >= 0.6 is 0 Å². The number of hydrogen-bond donors (Lipinski definition) is 5. The highest BCUT2D eigenvalue weighted by atomic mass is 16.6. The van der Waals surface area contributed by atoms with E-state index in [0.717, 1.165) is 16.8 Å². The Morgan fingerprint density at radius 2 is 1.97 bits per heavy atom. The molecule has 11 heteroatoms. The Morgan fingerprint density at radius 1 is 1.23 bits per heavy atom. The lowest BCUT2D eigenvalue weighted by Crippen LogP contribution is -2.33. The minimum absolute atomic E-state index is 0.121. The number of ether oxygens (including phenoxy) is 1. The number of benzene rings is 1. The van der Waals surface area contributed by atoms with E-state index >= 15 is 0 Å². The average Bonchev–Trinajstić information content (AvgIpc) is 3.28. The average molecular weight is 413 g/mol. The first-order valence-electron chi connectivity index (χ1n) is 9.39. The Labute approximate surface area is 171 Å². The van der Waals surface area contributed by atoms with E-state index in [4.69, 9.17) is 10.5 Å². The lowest BCUT2D eigenvalue weighted by atomic mass is 10.1. The van der Waals surface area contributed by atoms with Gasteiger partial charge < -0.3 is 25.8 Å². The molecule has 0 saturated carbocycles. The fourth-order valence-corrected chi connectivity index (χ4v) is 3.28. The van der Waals surface area contributed by atoms with Gasteiger partial charge in [-0.1, -0.05) is 29.8 Å². The van der Waals surface area contributed by atoms with Gasteiger partial charge in [-0.05, 0) is 19.4 Å². The number of rotatable bonds is 5. The van der Waals surface area contributed by atoms with E-state index in [1.54, 1.807) is 0 Å². The third-order valence-corrected chi connectivity index (χ3v) is 5.03. The molecule has 0 amide bonds. The summed E-state index contributed by atoms with van der Waals surface area (Å²) in [6.07, 6.45) is -3.02. The van der Waals surface area contributed by atoms with Gasteiger partial charge >= 0.3 is 0 Å². The number of hydrogen-bond acceptors (Lipinski definition) is 10. The van der Waals surface area contributed by atoms with Gasteiger partial charge in [0.1, 0.15) is 23.8 Å². The Morgan fingerprint density at radius 3 is 2.63 bits per heavy atom. The van der Waals surface area contributed by atoms with Gasteiger partial charge in [0.05, 0.1) is 18.6 Å². The topological polar surface area (TPSA) is 164 Å². The van der Waals surface area contributed by atoms with E-state index in [-0.39, 0.29) is 11.8 Å². The highest BCUT2D eigenvalue weighted by Crippen LogP contribution is 2.32. The second kappa shape index (κ2) is 7.95. The molecule has 0 unspecified atom stereocenters. The Hall–Kier alpha value is -3.12. The smallest absolute Gasteiger partial charge is 0.247 e. The van der Waals surface area contributed by atoms with Crippen LogP contribution in [0.2, 0.25) is 0 Å². The van der Waals surface area contributed by atoms with E-state index in [1.165, 1.54) is 10.9 Å². The molecule has 2 aromatic heterocycles. The van der Waals surface area contributed by atoms with Crippen LogP contribution in [0.5, 0.6) is 0 Å². The number of anilines is 2. The summed E-state index contributed by atoms with van der Waals surface area (Å²) in [4.78, 5) is 12.7. The molecule has 0 radical (unpaired) electrons. The second-order valence-electron chi connectivity index (χ2n) is 7.16. The molecule has 1 aliphatic rings. The molecule has 0 bridgehead atoms. The van der Waals surface area contributed by atoms with Gasteiger partial charge in [-0.2, -0.15) is 15.1 Å². The van der Waals surface area contributed by atoms with Crippen molar-refractivity contribution >= 4 is 28.6 Å². The summed E-state index contributed by atoms with van der Waals surface area (Å²) in [5.41, 5.74) is 12.2. The summed E-state index contributed by atoms with van der Waals surface area (Å²) >= 11 is 0. The standard InChI is InChI=1S/C19H23N7O4/c1-9-3-5-11(6-4-9)10(2)24-25-19-22-16(20)13-17(23-19)26(8-21-13)18-15(29)14(28)12(7-27)30-18/h3-6,8,12,14-15,18,27-29H,7H2,1-2H3,(H3,20,22,23,25)/t12-,14-,15-,18-/m1/s1. The number of aliphatic hydroxyl groups excluding tert-OH is 3. The molecule has 4 atom stereocenters. The van der Waals surface area contributed by atoms with Gasteiger partial charge in [0, 0.05) is 0 Å². The Balaban J connectivity index is 1.64. The first-order valence-corrected chi connectivity index (χ1v) is 9.39. The number of nitrogens with two attached hydrogens (primary N) is 1. The molecule has 1 saturated heterocycles. The van der Waals surface area contributed by atoms with Gasteiger partial charge in [-0.25, -0.2) is 10.4 Å². The monoisotopic (exact) mass is 413 g/mol. The summed E-state index contributed by atoms with van der Waals surface area (Å²) in [7, 11) is 0. The van der Waals surface area contributed by atoms with Gasteiger partial charge in [0.2, 0.25) is 5.95 Å². The normalized spacial score (nSPS) is 24.5. The number of imidazole rings is 1. The Bertz CT molecular complexity index is 1080. The maximum Gasteiger partial charge on any atom is 0.247 e. The number of aryl methyl sites for hydroxylation is 1. The second-order valence-corrected chi connectivity index (χ2v) is 7.16. The van der Waals surface area contributed by atoms with Crippen molar-refractivity contribution in [3.8, 4) is 0 Å². The number of aliphatic hydroxyl groups is 3. The molecular formula is C19H23N7O4. The molecule has 0 aliphatic carbocycles. The van der Waals surface area contributed by atoms with Gasteiger partial charge in [-0.3, -0.25) is 4.57 Å². The van der Waals surface area contributed by atoms with Crippen molar-refractivity contribution in [3.63, 3.8) is 0 Å². The molecule has 158 valence electrons. The summed E-state index contributed by atoms with van der Waals surface area (Å²) in [5.74, 6) is 0.260. The molecule has 0 spiro atoms. The molecular weight excluding hydrogens is 390 g/mol. The van der Waals surface area contributed by atoms with Crippen LogP contribution in [0.3, 0.4) is 0 Å². The largest absolute Gasteiger partial charge is 0.394 e. The minimum Gasteiger partial charge on any atom is -0.394 e. The maximum absolute atomic E-state index is 10.3. The first-order chi connectivity index (χ1) is 14.4. The molecule has 6 N–H and O–H groups in total. The SMILES string of the molecule is CC(=NNc1nc(N)c2ncn([C@@H]3O[C@H](CO)[C@@H](O)[C@H]3O)c2n1)c1ccc(C)cc1. The number of fused-ring (bicyclic) bond motifs is 1. The third kappa shape index (κ3) is 3.59. The lowest BCUT2D eigenvalue weighted by Gasteiger charge is -2.16. The molecule has 11 nitrogen and oxygen atoms in total. The van der Waals surface area contributed by atoms with Crippen molar-refractivity contribution in [1.82, 2.24) is 19.5 Å². The summed E-state index contributed by atoms with van der Waals surface area (Å²) in [5, 5.41) is 33.9. The molecule has 3 heterocycles. The molecule has 3 aromatic rings. The molecule has 1 fully saturated rings. The zero-order chi connectivity index (χ0) is 21.4. The fraction of sp³-hybridized carbons (Fsp3) is 0.368. The molecule has 1 aromatic carbocycles. The molecule has 30 heavy (non-hydrogen) atoms. The zero-order valence-electron chi connectivity index (χ0n) is 16.5. The van der Waals surface area contributed by atoms with Crippen molar-refractivity contribution in [2.45, 2.75) is 38.4 Å². The predicted molar refractivity (Wildman–Crippen MR) is 110 cm³/mol. The van der Waals surface area contributed by atoms with E-state index in [1.807, 2.05) is 38.1 Å². The number of nitrogens with zero attached hydrogens (tertiary/aromatic N) is 5.